The van der Waals surface area contributed by atoms with Gasteiger partial charge in [0.15, 0.2) is 0 Å². The second-order valence-corrected chi connectivity index (χ2v) is 6.77. The molecule has 3 amide bonds. The van der Waals surface area contributed by atoms with Crippen molar-refractivity contribution in [2.45, 2.75) is 0 Å². The van der Waals surface area contributed by atoms with Crippen LogP contribution in [-0.2, 0) is 14.3 Å². The number of amides is 3. The number of nitrogens with zero attached hydrogens (tertiary/aromatic N) is 2. The van der Waals surface area contributed by atoms with E-state index in [1.807, 2.05) is 0 Å². The summed E-state index contributed by atoms with van der Waals surface area (Å²) in [5.41, 5.74) is 3.44. The van der Waals surface area contributed by atoms with Gasteiger partial charge in [0.1, 0.15) is 12.4 Å². The first kappa shape index (κ1) is 22.7. The number of ether oxygens (including phenoxy) is 2. The molecule has 1 heterocycles. The molecule has 0 atom stereocenters. The van der Waals surface area contributed by atoms with Crippen LogP contribution in [0.2, 0.25) is 0 Å². The Morgan fingerprint density at radius 1 is 1.06 bits per heavy atom. The molecule has 0 aliphatic carbocycles. The summed E-state index contributed by atoms with van der Waals surface area (Å²) in [7, 11) is 0. The highest BCUT2D eigenvalue weighted by atomic mass is 16.5. The van der Waals surface area contributed by atoms with E-state index >= 15 is 0 Å². The summed E-state index contributed by atoms with van der Waals surface area (Å²) in [6, 6.07) is 13.5. The van der Waals surface area contributed by atoms with E-state index in [1.165, 1.54) is 6.21 Å². The highest BCUT2D eigenvalue weighted by Crippen LogP contribution is 2.18. The van der Waals surface area contributed by atoms with Crippen molar-refractivity contribution in [3.63, 3.8) is 0 Å². The van der Waals surface area contributed by atoms with Gasteiger partial charge in [-0.15, -0.1) is 0 Å². The zero-order valence-electron chi connectivity index (χ0n) is 17.5. The van der Waals surface area contributed by atoms with Crippen LogP contribution in [0.15, 0.2) is 66.3 Å². The van der Waals surface area contributed by atoms with Gasteiger partial charge in [0.25, 0.3) is 5.91 Å². The molecule has 0 saturated carbocycles. The molecule has 2 aromatic carbocycles. The molecule has 2 N–H and O–H groups in total. The average Bonchev–Trinajstić information content (AvgIpc) is 2.84. The lowest BCUT2D eigenvalue weighted by molar-refractivity contribution is -0.136. The Morgan fingerprint density at radius 2 is 1.78 bits per heavy atom. The summed E-state index contributed by atoms with van der Waals surface area (Å²) in [4.78, 5) is 38.8. The van der Waals surface area contributed by atoms with Crippen LogP contribution in [0.5, 0.6) is 5.75 Å². The second-order valence-electron chi connectivity index (χ2n) is 6.77. The third kappa shape index (κ3) is 6.26. The molecular weight excluding hydrogens is 412 g/mol. The minimum absolute atomic E-state index is 0.233. The van der Waals surface area contributed by atoms with E-state index in [1.54, 1.807) is 59.5 Å². The fourth-order valence-electron chi connectivity index (χ4n) is 2.92. The van der Waals surface area contributed by atoms with E-state index in [0.717, 1.165) is 0 Å². The van der Waals surface area contributed by atoms with Gasteiger partial charge in [-0.25, -0.2) is 5.43 Å². The Hall–Kier alpha value is -3.98. The van der Waals surface area contributed by atoms with Gasteiger partial charge < -0.3 is 19.7 Å². The van der Waals surface area contributed by atoms with Crippen molar-refractivity contribution in [2.24, 2.45) is 5.10 Å². The maximum absolute atomic E-state index is 12.8. The van der Waals surface area contributed by atoms with Gasteiger partial charge in [0.05, 0.1) is 30.7 Å². The molecule has 166 valence electrons. The number of hydrogen-bond acceptors (Lipinski definition) is 6. The standard InChI is InChI=1S/C23H24N4O5/c1-2-13-32-18-9-7-17(8-10-18)16-24-26-22(29)21(28)25-20-6-4-3-5-19(20)23(30)27-11-14-31-15-12-27/h2-10,16H,1,11-15H2,(H,25,28)(H,26,29). The van der Waals surface area contributed by atoms with Crippen molar-refractivity contribution in [2.75, 3.05) is 38.2 Å². The number of hydrazone groups is 1. The van der Waals surface area contributed by atoms with E-state index in [0.29, 0.717) is 49.8 Å². The van der Waals surface area contributed by atoms with E-state index in [-0.39, 0.29) is 11.6 Å². The minimum Gasteiger partial charge on any atom is -0.490 e. The van der Waals surface area contributed by atoms with Crippen molar-refractivity contribution in [3.05, 3.63) is 72.3 Å². The molecule has 0 unspecified atom stereocenters. The monoisotopic (exact) mass is 436 g/mol. The summed E-state index contributed by atoms with van der Waals surface area (Å²) >= 11 is 0. The molecule has 3 rings (SSSR count). The Morgan fingerprint density at radius 3 is 2.50 bits per heavy atom. The zero-order chi connectivity index (χ0) is 22.8. The SMILES string of the molecule is C=CCOc1ccc(C=NNC(=O)C(=O)Nc2ccccc2C(=O)N2CCOCC2)cc1. The quantitative estimate of drug-likeness (QED) is 0.298. The number of morpholine rings is 1. The molecule has 1 aliphatic rings. The Balaban J connectivity index is 1.56. The van der Waals surface area contributed by atoms with Crippen LogP contribution in [0.3, 0.4) is 0 Å². The number of carbonyl (C=O) groups is 3. The van der Waals surface area contributed by atoms with Gasteiger partial charge in [0, 0.05) is 13.1 Å². The fourth-order valence-corrected chi connectivity index (χ4v) is 2.92. The lowest BCUT2D eigenvalue weighted by Gasteiger charge is -2.27. The van der Waals surface area contributed by atoms with Gasteiger partial charge in [-0.05, 0) is 42.0 Å². The number of para-hydroxylation sites is 1. The molecule has 0 bridgehead atoms. The summed E-state index contributed by atoms with van der Waals surface area (Å²) in [6.07, 6.45) is 3.05. The van der Waals surface area contributed by atoms with Crippen molar-refractivity contribution < 1.29 is 23.9 Å². The number of nitrogens with one attached hydrogen (secondary N) is 2. The van der Waals surface area contributed by atoms with Crippen LogP contribution < -0.4 is 15.5 Å². The Bertz CT molecular complexity index is 998. The first-order valence-electron chi connectivity index (χ1n) is 10.0. The molecule has 1 aliphatic heterocycles. The lowest BCUT2D eigenvalue weighted by atomic mass is 10.1. The predicted octanol–water partition coefficient (Wildman–Crippen LogP) is 1.81. The van der Waals surface area contributed by atoms with Crippen LogP contribution in [0, 0.1) is 0 Å². The van der Waals surface area contributed by atoms with Crippen LogP contribution in [0.4, 0.5) is 5.69 Å². The maximum atomic E-state index is 12.8. The van der Waals surface area contributed by atoms with Crippen LogP contribution in [0.1, 0.15) is 15.9 Å². The van der Waals surface area contributed by atoms with Crippen LogP contribution >= 0.6 is 0 Å². The second kappa shape index (κ2) is 11.4. The van der Waals surface area contributed by atoms with Gasteiger partial charge in [-0.2, -0.15) is 5.10 Å². The highest BCUT2D eigenvalue weighted by Gasteiger charge is 2.22. The first-order valence-corrected chi connectivity index (χ1v) is 10.0. The summed E-state index contributed by atoms with van der Waals surface area (Å²) in [6.45, 7) is 5.85. The summed E-state index contributed by atoms with van der Waals surface area (Å²) in [5.74, 6) is -1.45. The van der Waals surface area contributed by atoms with Crippen molar-refractivity contribution >= 4 is 29.6 Å². The highest BCUT2D eigenvalue weighted by molar-refractivity contribution is 6.40. The Kier molecular flexibility index (Phi) is 8.10. The number of hydrogen-bond donors (Lipinski definition) is 2. The molecule has 9 nitrogen and oxygen atoms in total. The summed E-state index contributed by atoms with van der Waals surface area (Å²) < 4.78 is 10.7. The number of carbonyl (C=O) groups excluding carboxylic acids is 3. The molecule has 0 radical (unpaired) electrons. The maximum Gasteiger partial charge on any atom is 0.329 e. The fraction of sp³-hybridized carbons (Fsp3) is 0.217. The van der Waals surface area contributed by atoms with Gasteiger partial charge in [-0.3, -0.25) is 14.4 Å². The van der Waals surface area contributed by atoms with Crippen LogP contribution in [0.25, 0.3) is 0 Å². The molecular formula is C23H24N4O5. The average molecular weight is 436 g/mol. The largest absolute Gasteiger partial charge is 0.490 e. The number of anilines is 1. The first-order chi connectivity index (χ1) is 15.6. The molecule has 0 aromatic heterocycles. The van der Waals surface area contributed by atoms with E-state index in [2.05, 4.69) is 22.4 Å². The molecule has 0 spiro atoms. The molecule has 9 heteroatoms. The molecule has 2 aromatic rings. The zero-order valence-corrected chi connectivity index (χ0v) is 17.5. The van der Waals surface area contributed by atoms with Gasteiger partial charge in [-0.1, -0.05) is 24.8 Å². The van der Waals surface area contributed by atoms with Crippen molar-refractivity contribution in [1.29, 1.82) is 0 Å². The molecule has 32 heavy (non-hydrogen) atoms. The van der Waals surface area contributed by atoms with E-state index in [9.17, 15) is 14.4 Å². The van der Waals surface area contributed by atoms with Crippen LogP contribution in [-0.4, -0.2) is 61.7 Å². The van der Waals surface area contributed by atoms with E-state index < -0.39 is 11.8 Å². The van der Waals surface area contributed by atoms with Gasteiger partial charge >= 0.3 is 11.8 Å². The van der Waals surface area contributed by atoms with Gasteiger partial charge in [0.2, 0.25) is 0 Å². The Labute approximate surface area is 185 Å². The molecule has 1 fully saturated rings. The summed E-state index contributed by atoms with van der Waals surface area (Å²) in [5, 5.41) is 6.27. The van der Waals surface area contributed by atoms with E-state index in [4.69, 9.17) is 9.47 Å². The minimum atomic E-state index is -0.958. The molecule has 1 saturated heterocycles. The third-order valence-corrected chi connectivity index (χ3v) is 4.54. The number of rotatable bonds is 7. The normalized spacial score (nSPS) is 13.4. The topological polar surface area (TPSA) is 109 Å². The smallest absolute Gasteiger partial charge is 0.329 e. The predicted molar refractivity (Wildman–Crippen MR) is 120 cm³/mol. The number of benzene rings is 2. The van der Waals surface area contributed by atoms with Crippen molar-refractivity contribution in [3.8, 4) is 5.75 Å². The lowest BCUT2D eigenvalue weighted by Crippen LogP contribution is -2.41. The van der Waals surface area contributed by atoms with Crippen molar-refractivity contribution in [1.82, 2.24) is 10.3 Å². The third-order valence-electron chi connectivity index (χ3n) is 4.54.